The van der Waals surface area contributed by atoms with Crippen LogP contribution in [-0.4, -0.2) is 35.3 Å². The number of fused-ring (bicyclic) bond motifs is 1. The second kappa shape index (κ2) is 10.4. The number of halogens is 1. The number of nitrogens with one attached hydrogen (secondary N) is 2. The number of pyridine rings is 1. The minimum atomic E-state index is -0.138. The van der Waals surface area contributed by atoms with Crippen LogP contribution in [0.2, 0.25) is 5.02 Å². The lowest BCUT2D eigenvalue weighted by Gasteiger charge is -2.36. The number of nitrogens with zero attached hydrogens (tertiary/aromatic N) is 1. The number of methoxy groups -OCH3 is 2. The maximum absolute atomic E-state index is 13.0. The van der Waals surface area contributed by atoms with Gasteiger partial charge in [0.25, 0.3) is 5.56 Å². The van der Waals surface area contributed by atoms with Gasteiger partial charge in [-0.1, -0.05) is 36.9 Å². The second-order valence-electron chi connectivity index (χ2n) is 8.28. The Labute approximate surface area is 203 Å². The fourth-order valence-electron chi connectivity index (χ4n) is 4.40. The molecular formula is C25H28ClN3O3S. The zero-order chi connectivity index (χ0) is 23.4. The van der Waals surface area contributed by atoms with E-state index in [4.69, 9.17) is 33.3 Å². The van der Waals surface area contributed by atoms with E-state index in [2.05, 4.69) is 15.2 Å². The summed E-state index contributed by atoms with van der Waals surface area (Å²) in [6.07, 6.45) is 5.65. The van der Waals surface area contributed by atoms with Gasteiger partial charge in [0.1, 0.15) is 0 Å². The molecular weight excluding hydrogens is 458 g/mol. The van der Waals surface area contributed by atoms with Crippen molar-refractivity contribution in [3.8, 4) is 11.5 Å². The lowest BCUT2D eigenvalue weighted by Crippen LogP contribution is -2.44. The molecule has 0 radical (unpaired) electrons. The fourth-order valence-corrected chi connectivity index (χ4v) is 4.92. The summed E-state index contributed by atoms with van der Waals surface area (Å²) in [4.78, 5) is 18.1. The van der Waals surface area contributed by atoms with E-state index >= 15 is 0 Å². The van der Waals surface area contributed by atoms with E-state index < -0.39 is 0 Å². The normalized spacial score (nSPS) is 14.2. The summed E-state index contributed by atoms with van der Waals surface area (Å²) in [5, 5.41) is 5.42. The number of rotatable bonds is 6. The van der Waals surface area contributed by atoms with E-state index in [1.54, 1.807) is 20.3 Å². The molecule has 1 aliphatic carbocycles. The molecule has 2 N–H and O–H groups in total. The molecule has 4 rings (SSSR count). The van der Waals surface area contributed by atoms with Crippen LogP contribution in [0.15, 0.2) is 47.3 Å². The van der Waals surface area contributed by atoms with Gasteiger partial charge in [-0.3, -0.25) is 4.79 Å². The molecule has 33 heavy (non-hydrogen) atoms. The molecule has 0 bridgehead atoms. The first-order chi connectivity index (χ1) is 16.0. The maximum Gasteiger partial charge on any atom is 0.253 e. The molecule has 0 atom stereocenters. The molecule has 1 aliphatic rings. The monoisotopic (exact) mass is 485 g/mol. The number of aromatic nitrogens is 1. The highest BCUT2D eigenvalue weighted by Gasteiger charge is 2.25. The average Bonchev–Trinajstić information content (AvgIpc) is 2.82. The number of anilines is 1. The van der Waals surface area contributed by atoms with Crippen LogP contribution in [0.25, 0.3) is 10.9 Å². The van der Waals surface area contributed by atoms with Gasteiger partial charge >= 0.3 is 0 Å². The lowest BCUT2D eigenvalue weighted by molar-refractivity contribution is 0.240. The molecule has 1 fully saturated rings. The number of aromatic amines is 1. The first kappa shape index (κ1) is 23.4. The topological polar surface area (TPSA) is 66.6 Å². The first-order valence-corrected chi connectivity index (χ1v) is 11.9. The van der Waals surface area contributed by atoms with Gasteiger partial charge in [-0.25, -0.2) is 0 Å². The Balaban J connectivity index is 1.66. The van der Waals surface area contributed by atoms with Crippen molar-refractivity contribution >= 4 is 45.5 Å². The van der Waals surface area contributed by atoms with Gasteiger partial charge in [0.2, 0.25) is 0 Å². The summed E-state index contributed by atoms with van der Waals surface area (Å²) in [5.74, 6) is 1.19. The van der Waals surface area contributed by atoms with Gasteiger partial charge in [0, 0.05) is 33.8 Å². The average molecular weight is 486 g/mol. The SMILES string of the molecule is COc1cc2cc(CN(C(=S)Nc3cccc(Cl)c3)C3CCCCC3)c(=O)[nH]c2cc1OC. The number of hydrogen-bond acceptors (Lipinski definition) is 4. The minimum absolute atomic E-state index is 0.138. The standard InChI is InChI=1S/C25H28ClN3O3S/c1-31-22-12-16-11-17(24(30)28-21(16)14-23(22)32-2)15-29(20-9-4-3-5-10-20)25(33)27-19-8-6-7-18(26)13-19/h6-8,11-14,20H,3-5,9-10,15H2,1-2H3,(H,27,33)(H,28,30). The van der Waals surface area contributed by atoms with Gasteiger partial charge in [-0.05, 0) is 55.4 Å². The van der Waals surface area contributed by atoms with Crippen LogP contribution >= 0.6 is 23.8 Å². The molecule has 8 heteroatoms. The Hall–Kier alpha value is -2.77. The Morgan fingerprint density at radius 3 is 2.55 bits per heavy atom. The molecule has 1 saturated carbocycles. The van der Waals surface area contributed by atoms with Crippen molar-refractivity contribution in [2.75, 3.05) is 19.5 Å². The number of hydrogen-bond donors (Lipinski definition) is 2. The molecule has 1 heterocycles. The van der Waals surface area contributed by atoms with Gasteiger partial charge in [0.15, 0.2) is 16.6 Å². The van der Waals surface area contributed by atoms with Crippen LogP contribution in [0.3, 0.4) is 0 Å². The Morgan fingerprint density at radius 1 is 1.12 bits per heavy atom. The van der Waals surface area contributed by atoms with E-state index in [1.807, 2.05) is 36.4 Å². The lowest BCUT2D eigenvalue weighted by atomic mass is 9.94. The predicted octanol–water partition coefficient (Wildman–Crippen LogP) is 5.73. The largest absolute Gasteiger partial charge is 0.493 e. The van der Waals surface area contributed by atoms with E-state index in [0.717, 1.165) is 36.8 Å². The van der Waals surface area contributed by atoms with Crippen LogP contribution in [0, 0.1) is 0 Å². The van der Waals surface area contributed by atoms with Gasteiger partial charge in [0.05, 0.1) is 26.3 Å². The molecule has 174 valence electrons. The third-order valence-corrected chi connectivity index (χ3v) is 6.69. The molecule has 6 nitrogen and oxygen atoms in total. The molecule has 0 saturated heterocycles. The van der Waals surface area contributed by atoms with E-state index in [0.29, 0.717) is 39.3 Å². The maximum atomic E-state index is 13.0. The second-order valence-corrected chi connectivity index (χ2v) is 9.10. The van der Waals surface area contributed by atoms with Crippen LogP contribution in [0.1, 0.15) is 37.7 Å². The Bertz CT molecular complexity index is 1210. The number of ether oxygens (including phenoxy) is 2. The van der Waals surface area contributed by atoms with Gasteiger partial charge in [-0.15, -0.1) is 0 Å². The van der Waals surface area contributed by atoms with Crippen molar-refractivity contribution < 1.29 is 9.47 Å². The molecule has 0 unspecified atom stereocenters. The molecule has 0 spiro atoms. The highest BCUT2D eigenvalue weighted by Crippen LogP contribution is 2.31. The van der Waals surface area contributed by atoms with Gasteiger partial charge < -0.3 is 24.7 Å². The summed E-state index contributed by atoms with van der Waals surface area (Å²) in [6.45, 7) is 0.413. The van der Waals surface area contributed by atoms with E-state index in [9.17, 15) is 4.79 Å². The molecule has 2 aromatic carbocycles. The van der Waals surface area contributed by atoms with Crippen LogP contribution in [0.4, 0.5) is 5.69 Å². The number of H-pyrrole nitrogens is 1. The fraction of sp³-hybridized carbons (Fsp3) is 0.360. The minimum Gasteiger partial charge on any atom is -0.493 e. The van der Waals surface area contributed by atoms with Crippen LogP contribution < -0.4 is 20.3 Å². The van der Waals surface area contributed by atoms with Crippen molar-refractivity contribution in [1.29, 1.82) is 0 Å². The third-order valence-electron chi connectivity index (χ3n) is 6.12. The number of thiocarbonyl (C=S) groups is 1. The first-order valence-electron chi connectivity index (χ1n) is 11.1. The summed E-state index contributed by atoms with van der Waals surface area (Å²) in [6, 6.07) is 13.3. The van der Waals surface area contributed by atoms with Crippen molar-refractivity contribution in [3.05, 3.63) is 63.4 Å². The zero-order valence-corrected chi connectivity index (χ0v) is 20.4. The van der Waals surface area contributed by atoms with Crippen molar-refractivity contribution in [2.45, 2.75) is 44.7 Å². The third kappa shape index (κ3) is 5.42. The molecule has 1 aromatic heterocycles. The Morgan fingerprint density at radius 2 is 1.85 bits per heavy atom. The predicted molar refractivity (Wildman–Crippen MR) is 138 cm³/mol. The highest BCUT2D eigenvalue weighted by molar-refractivity contribution is 7.80. The van der Waals surface area contributed by atoms with E-state index in [1.165, 1.54) is 6.42 Å². The molecule has 0 aliphatic heterocycles. The number of benzene rings is 2. The van der Waals surface area contributed by atoms with Crippen LogP contribution in [0.5, 0.6) is 11.5 Å². The summed E-state index contributed by atoms with van der Waals surface area (Å²) < 4.78 is 10.8. The quantitative estimate of drug-likeness (QED) is 0.434. The van der Waals surface area contributed by atoms with E-state index in [-0.39, 0.29) is 11.6 Å². The smallest absolute Gasteiger partial charge is 0.253 e. The van der Waals surface area contributed by atoms with Crippen molar-refractivity contribution in [1.82, 2.24) is 9.88 Å². The molecule has 0 amide bonds. The van der Waals surface area contributed by atoms with Crippen LogP contribution in [-0.2, 0) is 6.54 Å². The zero-order valence-electron chi connectivity index (χ0n) is 18.8. The summed E-state index contributed by atoms with van der Waals surface area (Å²) in [5.41, 5.74) is 2.04. The summed E-state index contributed by atoms with van der Waals surface area (Å²) in [7, 11) is 3.17. The van der Waals surface area contributed by atoms with Crippen molar-refractivity contribution in [3.63, 3.8) is 0 Å². The summed E-state index contributed by atoms with van der Waals surface area (Å²) >= 11 is 12.0. The highest BCUT2D eigenvalue weighted by atomic mass is 35.5. The Kier molecular flexibility index (Phi) is 7.40. The van der Waals surface area contributed by atoms with Crippen molar-refractivity contribution in [2.24, 2.45) is 0 Å². The molecule has 3 aromatic rings. The van der Waals surface area contributed by atoms with Gasteiger partial charge in [-0.2, -0.15) is 0 Å².